The second-order valence-corrected chi connectivity index (χ2v) is 6.15. The van der Waals surface area contributed by atoms with Gasteiger partial charge >= 0.3 is 5.97 Å². The van der Waals surface area contributed by atoms with Crippen molar-refractivity contribution in [1.29, 1.82) is 0 Å². The highest BCUT2D eigenvalue weighted by atomic mass is 79.9. The number of halogens is 1. The topological polar surface area (TPSA) is 58.6 Å². The second-order valence-electron chi connectivity index (χ2n) is 4.12. The number of hydrogen-bond donors (Lipinski definition) is 2. The fourth-order valence-electron chi connectivity index (χ4n) is 1.79. The molecule has 0 fully saturated rings. The van der Waals surface area contributed by atoms with Crippen molar-refractivity contribution in [1.82, 2.24) is 0 Å². The summed E-state index contributed by atoms with van der Waals surface area (Å²) >= 11 is 4.78. The summed E-state index contributed by atoms with van der Waals surface area (Å²) in [4.78, 5) is 12.2. The van der Waals surface area contributed by atoms with Crippen molar-refractivity contribution in [2.45, 2.75) is 13.2 Å². The summed E-state index contributed by atoms with van der Waals surface area (Å²) in [5.74, 6) is -0.885. The molecule has 1 aromatic carbocycles. The monoisotopic (exact) mass is 355 g/mol. The maximum Gasteiger partial charge on any atom is 0.345 e. The summed E-state index contributed by atoms with van der Waals surface area (Å²) in [5, 5.41) is 12.2. The average Bonchev–Trinajstić information content (AvgIpc) is 2.89. The quantitative estimate of drug-likeness (QED) is 0.822. The van der Waals surface area contributed by atoms with Crippen LogP contribution >= 0.6 is 27.3 Å². The van der Waals surface area contributed by atoms with Crippen molar-refractivity contribution in [3.8, 4) is 0 Å². The summed E-state index contributed by atoms with van der Waals surface area (Å²) in [6.07, 6.45) is 0. The molecule has 2 rings (SSSR count). The van der Waals surface area contributed by atoms with Crippen LogP contribution in [0.3, 0.4) is 0 Å². The van der Waals surface area contributed by atoms with Gasteiger partial charge in [0.25, 0.3) is 0 Å². The molecule has 2 N–H and O–H groups in total. The molecule has 0 atom stereocenters. The van der Waals surface area contributed by atoms with Crippen LogP contribution in [0.25, 0.3) is 0 Å². The lowest BCUT2D eigenvalue weighted by atomic mass is 10.2. The van der Waals surface area contributed by atoms with Gasteiger partial charge in [0.15, 0.2) is 0 Å². The first-order valence-electron chi connectivity index (χ1n) is 5.94. The predicted octanol–water partition coefficient (Wildman–Crippen LogP) is 3.97. The lowest BCUT2D eigenvalue weighted by molar-refractivity contribution is 0.0702. The number of thiophene rings is 1. The molecular weight excluding hydrogens is 342 g/mol. The molecule has 106 valence electrons. The van der Waals surface area contributed by atoms with E-state index in [0.29, 0.717) is 18.0 Å². The van der Waals surface area contributed by atoms with Gasteiger partial charge in [-0.2, -0.15) is 0 Å². The molecule has 0 unspecified atom stereocenters. The molecule has 0 saturated carbocycles. The molecule has 0 aliphatic carbocycles. The molecule has 0 spiro atoms. The molecule has 0 radical (unpaired) electrons. The van der Waals surface area contributed by atoms with Crippen LogP contribution in [0, 0.1) is 0 Å². The molecule has 20 heavy (non-hydrogen) atoms. The maximum absolute atomic E-state index is 10.8. The normalized spacial score (nSPS) is 10.5. The molecule has 1 aromatic heterocycles. The summed E-state index contributed by atoms with van der Waals surface area (Å²) < 4.78 is 6.18. The summed E-state index contributed by atoms with van der Waals surface area (Å²) in [7, 11) is 1.65. The number of rotatable bonds is 6. The fourth-order valence-corrected chi connectivity index (χ4v) is 3.05. The number of carboxylic acids is 1. The zero-order valence-electron chi connectivity index (χ0n) is 10.9. The minimum Gasteiger partial charge on any atom is -0.477 e. The zero-order valence-corrected chi connectivity index (χ0v) is 13.3. The van der Waals surface area contributed by atoms with Gasteiger partial charge in [-0.25, -0.2) is 4.79 Å². The first kappa shape index (κ1) is 15.0. The van der Waals surface area contributed by atoms with E-state index in [2.05, 4.69) is 21.2 Å². The van der Waals surface area contributed by atoms with Crippen molar-refractivity contribution >= 4 is 38.9 Å². The number of benzene rings is 1. The highest BCUT2D eigenvalue weighted by molar-refractivity contribution is 9.10. The van der Waals surface area contributed by atoms with Gasteiger partial charge in [0.1, 0.15) is 4.88 Å². The van der Waals surface area contributed by atoms with Crippen LogP contribution in [0.1, 0.15) is 20.1 Å². The van der Waals surface area contributed by atoms with E-state index in [-0.39, 0.29) is 0 Å². The molecule has 4 nitrogen and oxygen atoms in total. The molecule has 0 saturated heterocycles. The number of anilines is 1. The first-order valence-corrected chi connectivity index (χ1v) is 7.55. The molecule has 0 aliphatic heterocycles. The highest BCUT2D eigenvalue weighted by Crippen LogP contribution is 2.26. The average molecular weight is 356 g/mol. The number of ether oxygens (including phenoxy) is 1. The molecular formula is C14H14BrNO3S. The number of hydrogen-bond acceptors (Lipinski definition) is 4. The minimum atomic E-state index is -0.885. The standard InChI is InChI=1S/C14H14BrNO3S/c1-19-8-10-11(15)3-2-4-12(10)16-7-9-5-6-13(20-9)14(17)18/h2-6,16H,7-8H2,1H3,(H,17,18). The van der Waals surface area contributed by atoms with Crippen molar-refractivity contribution in [2.75, 3.05) is 12.4 Å². The number of nitrogens with one attached hydrogen (secondary N) is 1. The second kappa shape index (κ2) is 6.88. The predicted molar refractivity (Wildman–Crippen MR) is 83.5 cm³/mol. The van der Waals surface area contributed by atoms with Crippen LogP contribution in [-0.2, 0) is 17.9 Å². The van der Waals surface area contributed by atoms with E-state index >= 15 is 0 Å². The lowest BCUT2D eigenvalue weighted by Crippen LogP contribution is -2.02. The zero-order chi connectivity index (χ0) is 14.5. The molecule has 0 bridgehead atoms. The van der Waals surface area contributed by atoms with Gasteiger partial charge in [-0.15, -0.1) is 11.3 Å². The van der Waals surface area contributed by atoms with Crippen molar-refractivity contribution in [3.63, 3.8) is 0 Å². The molecule has 0 aliphatic rings. The van der Waals surface area contributed by atoms with Crippen molar-refractivity contribution in [2.24, 2.45) is 0 Å². The highest BCUT2D eigenvalue weighted by Gasteiger charge is 2.09. The van der Waals surface area contributed by atoms with Crippen LogP contribution in [0.5, 0.6) is 0 Å². The Morgan fingerprint density at radius 3 is 2.85 bits per heavy atom. The number of carbonyl (C=O) groups is 1. The summed E-state index contributed by atoms with van der Waals surface area (Å²) in [6.45, 7) is 1.10. The van der Waals surface area contributed by atoms with Crippen LogP contribution in [0.2, 0.25) is 0 Å². The van der Waals surface area contributed by atoms with Crippen LogP contribution in [0.15, 0.2) is 34.8 Å². The number of carboxylic acid groups (broad SMARTS) is 1. The van der Waals surface area contributed by atoms with Gasteiger partial charge < -0.3 is 15.2 Å². The maximum atomic E-state index is 10.8. The third kappa shape index (κ3) is 3.59. The Hall–Kier alpha value is -1.37. The lowest BCUT2D eigenvalue weighted by Gasteiger charge is -2.12. The molecule has 0 amide bonds. The van der Waals surface area contributed by atoms with Crippen molar-refractivity contribution < 1.29 is 14.6 Å². The van der Waals surface area contributed by atoms with Gasteiger partial charge in [0.05, 0.1) is 6.61 Å². The SMILES string of the molecule is COCc1c(Br)cccc1NCc1ccc(C(=O)O)s1. The van der Waals surface area contributed by atoms with Crippen molar-refractivity contribution in [3.05, 3.63) is 50.1 Å². The van der Waals surface area contributed by atoms with Crippen LogP contribution in [-0.4, -0.2) is 18.2 Å². The molecule has 6 heteroatoms. The summed E-state index contributed by atoms with van der Waals surface area (Å²) in [5.41, 5.74) is 2.02. The van der Waals surface area contributed by atoms with E-state index in [4.69, 9.17) is 9.84 Å². The Morgan fingerprint density at radius 1 is 1.40 bits per heavy atom. The third-order valence-corrected chi connectivity index (χ3v) is 4.55. The Labute approximate surface area is 129 Å². The first-order chi connectivity index (χ1) is 9.61. The van der Waals surface area contributed by atoms with Crippen LogP contribution in [0.4, 0.5) is 5.69 Å². The van der Waals surface area contributed by atoms with E-state index in [1.165, 1.54) is 11.3 Å². The Kier molecular flexibility index (Phi) is 5.17. The van der Waals surface area contributed by atoms with E-state index < -0.39 is 5.97 Å². The largest absolute Gasteiger partial charge is 0.477 e. The Balaban J connectivity index is 2.10. The van der Waals surface area contributed by atoms with E-state index in [9.17, 15) is 4.79 Å². The van der Waals surface area contributed by atoms with E-state index in [0.717, 1.165) is 20.6 Å². The number of aromatic carboxylic acids is 1. The number of methoxy groups -OCH3 is 1. The van der Waals surface area contributed by atoms with Gasteiger partial charge in [-0.1, -0.05) is 22.0 Å². The molecule has 1 heterocycles. The molecule has 2 aromatic rings. The van der Waals surface area contributed by atoms with E-state index in [1.807, 2.05) is 24.3 Å². The van der Waals surface area contributed by atoms with Crippen LogP contribution < -0.4 is 5.32 Å². The van der Waals surface area contributed by atoms with E-state index in [1.54, 1.807) is 13.2 Å². The minimum absolute atomic E-state index is 0.355. The third-order valence-electron chi connectivity index (χ3n) is 2.73. The van der Waals surface area contributed by atoms with Gasteiger partial charge in [-0.05, 0) is 24.3 Å². The smallest absolute Gasteiger partial charge is 0.345 e. The Morgan fingerprint density at radius 2 is 2.20 bits per heavy atom. The van der Waals surface area contributed by atoms with Gasteiger partial charge in [-0.3, -0.25) is 0 Å². The van der Waals surface area contributed by atoms with Gasteiger partial charge in [0, 0.05) is 34.3 Å². The van der Waals surface area contributed by atoms with Gasteiger partial charge in [0.2, 0.25) is 0 Å². The fraction of sp³-hybridized carbons (Fsp3) is 0.214. The Bertz CT molecular complexity index is 612. The summed E-state index contributed by atoms with van der Waals surface area (Å²) in [6, 6.07) is 9.34.